The van der Waals surface area contributed by atoms with Crippen molar-refractivity contribution in [2.45, 2.75) is 46.1 Å². The van der Waals surface area contributed by atoms with E-state index in [1.807, 2.05) is 20.8 Å². The summed E-state index contributed by atoms with van der Waals surface area (Å²) in [6.45, 7) is 7.90. The molecule has 0 bridgehead atoms. The van der Waals surface area contributed by atoms with Crippen LogP contribution in [-0.4, -0.2) is 23.9 Å². The molecule has 120 valence electrons. The normalized spacial score (nSPS) is 22.6. The van der Waals surface area contributed by atoms with Crippen molar-refractivity contribution in [3.05, 3.63) is 30.1 Å². The molecule has 1 fully saturated rings. The highest BCUT2D eigenvalue weighted by Gasteiger charge is 2.47. The molecule has 0 saturated carbocycles. The van der Waals surface area contributed by atoms with Crippen LogP contribution in [0.4, 0.5) is 10.1 Å². The molecule has 2 amide bonds. The molecule has 1 saturated heterocycles. The van der Waals surface area contributed by atoms with Gasteiger partial charge in [0, 0.05) is 17.8 Å². The van der Waals surface area contributed by atoms with E-state index in [1.165, 1.54) is 12.1 Å². The topological polar surface area (TPSA) is 49.4 Å². The molecule has 22 heavy (non-hydrogen) atoms. The molecule has 2 rings (SSSR count). The summed E-state index contributed by atoms with van der Waals surface area (Å²) in [5.74, 6) is -0.828. The first-order chi connectivity index (χ1) is 10.1. The molecule has 0 aromatic heterocycles. The van der Waals surface area contributed by atoms with Crippen LogP contribution in [-0.2, 0) is 9.59 Å². The van der Waals surface area contributed by atoms with E-state index in [0.29, 0.717) is 18.7 Å². The van der Waals surface area contributed by atoms with Crippen molar-refractivity contribution >= 4 is 17.5 Å². The van der Waals surface area contributed by atoms with Crippen molar-refractivity contribution in [2.75, 3.05) is 11.4 Å². The highest BCUT2D eigenvalue weighted by molar-refractivity contribution is 6.12. The molecule has 1 N–H and O–H groups in total. The van der Waals surface area contributed by atoms with E-state index >= 15 is 0 Å². The van der Waals surface area contributed by atoms with Gasteiger partial charge in [0.2, 0.25) is 11.8 Å². The number of anilines is 1. The first kappa shape index (κ1) is 16.5. The van der Waals surface area contributed by atoms with Gasteiger partial charge in [0.05, 0.1) is 0 Å². The summed E-state index contributed by atoms with van der Waals surface area (Å²) in [5.41, 5.74) is -0.848. The molecule has 5 heteroatoms. The molecule has 0 radical (unpaired) electrons. The molecule has 1 aliphatic heterocycles. The minimum absolute atomic E-state index is 0.230. The number of hydrogen-bond acceptors (Lipinski definition) is 2. The Morgan fingerprint density at radius 2 is 1.86 bits per heavy atom. The molecule has 0 spiro atoms. The summed E-state index contributed by atoms with van der Waals surface area (Å²) < 4.78 is 13.0. The molecule has 1 aromatic rings. The number of carbonyl (C=O) groups is 2. The number of nitrogens with one attached hydrogen (secondary N) is 1. The SMILES string of the molecule is CC(C)(C)NC(=O)[C@@]1(C)CCCN(c2ccc(F)cc2)C1=O. The van der Waals surface area contributed by atoms with Crippen LogP contribution >= 0.6 is 0 Å². The molecule has 1 atom stereocenters. The summed E-state index contributed by atoms with van der Waals surface area (Å²) in [6.07, 6.45) is 1.25. The van der Waals surface area contributed by atoms with Gasteiger partial charge in [-0.3, -0.25) is 9.59 Å². The van der Waals surface area contributed by atoms with Gasteiger partial charge >= 0.3 is 0 Å². The van der Waals surface area contributed by atoms with Crippen molar-refractivity contribution in [1.82, 2.24) is 5.32 Å². The Kier molecular flexibility index (Phi) is 4.27. The van der Waals surface area contributed by atoms with Gasteiger partial charge in [-0.15, -0.1) is 0 Å². The van der Waals surface area contributed by atoms with Crippen molar-refractivity contribution in [3.63, 3.8) is 0 Å². The molecule has 1 aromatic carbocycles. The third-order valence-corrected chi connectivity index (χ3v) is 3.90. The second-order valence-corrected chi connectivity index (χ2v) is 7.07. The van der Waals surface area contributed by atoms with Crippen LogP contribution in [0.5, 0.6) is 0 Å². The quantitative estimate of drug-likeness (QED) is 0.854. The van der Waals surface area contributed by atoms with Crippen molar-refractivity contribution in [1.29, 1.82) is 0 Å². The summed E-state index contributed by atoms with van der Waals surface area (Å²) in [7, 11) is 0. The summed E-state index contributed by atoms with van der Waals surface area (Å²) in [5, 5.41) is 2.89. The maximum atomic E-state index is 13.0. The van der Waals surface area contributed by atoms with Gasteiger partial charge in [-0.05, 0) is 64.8 Å². The van der Waals surface area contributed by atoms with Crippen LogP contribution < -0.4 is 10.2 Å². The number of nitrogens with zero attached hydrogens (tertiary/aromatic N) is 1. The predicted octanol–water partition coefficient (Wildman–Crippen LogP) is 2.87. The number of halogens is 1. The minimum Gasteiger partial charge on any atom is -0.351 e. The van der Waals surface area contributed by atoms with Crippen molar-refractivity contribution in [3.8, 4) is 0 Å². The lowest BCUT2D eigenvalue weighted by atomic mass is 9.79. The summed E-state index contributed by atoms with van der Waals surface area (Å²) >= 11 is 0. The number of piperidine rings is 1. The summed E-state index contributed by atoms with van der Waals surface area (Å²) in [6, 6.07) is 5.79. The minimum atomic E-state index is -1.08. The smallest absolute Gasteiger partial charge is 0.242 e. The number of carbonyl (C=O) groups excluding carboxylic acids is 2. The highest BCUT2D eigenvalue weighted by Crippen LogP contribution is 2.34. The fourth-order valence-electron chi connectivity index (χ4n) is 2.65. The maximum absolute atomic E-state index is 13.0. The first-order valence-electron chi connectivity index (χ1n) is 7.54. The monoisotopic (exact) mass is 306 g/mol. The van der Waals surface area contributed by atoms with Crippen molar-refractivity contribution in [2.24, 2.45) is 5.41 Å². The predicted molar refractivity (Wildman–Crippen MR) is 84.0 cm³/mol. The van der Waals surface area contributed by atoms with E-state index < -0.39 is 11.0 Å². The van der Waals surface area contributed by atoms with Crippen molar-refractivity contribution < 1.29 is 14.0 Å². The number of amides is 2. The largest absolute Gasteiger partial charge is 0.351 e. The Bertz CT molecular complexity index is 577. The lowest BCUT2D eigenvalue weighted by Gasteiger charge is -2.39. The Balaban J connectivity index is 2.25. The van der Waals surface area contributed by atoms with E-state index in [0.717, 1.165) is 6.42 Å². The fraction of sp³-hybridized carbons (Fsp3) is 0.529. The van der Waals surface area contributed by atoms with E-state index in [1.54, 1.807) is 24.0 Å². The molecule has 1 heterocycles. The van der Waals surface area contributed by atoms with Crippen LogP contribution in [0, 0.1) is 11.2 Å². The second kappa shape index (κ2) is 5.71. The first-order valence-corrected chi connectivity index (χ1v) is 7.54. The average molecular weight is 306 g/mol. The second-order valence-electron chi connectivity index (χ2n) is 7.07. The third kappa shape index (κ3) is 3.29. The number of rotatable bonds is 2. The highest BCUT2D eigenvalue weighted by atomic mass is 19.1. The van der Waals surface area contributed by atoms with E-state index in [-0.39, 0.29) is 17.6 Å². The standard InChI is InChI=1S/C17H23FN2O2/c1-16(2,3)19-14(21)17(4)10-5-11-20(15(17)22)13-8-6-12(18)7-9-13/h6-9H,5,10-11H2,1-4H3,(H,19,21)/t17-/m1/s1. The van der Waals surface area contributed by atoms with Gasteiger partial charge in [0.15, 0.2) is 0 Å². The fourth-order valence-corrected chi connectivity index (χ4v) is 2.65. The maximum Gasteiger partial charge on any atom is 0.242 e. The number of benzene rings is 1. The molecule has 0 aliphatic carbocycles. The van der Waals surface area contributed by atoms with Gasteiger partial charge in [-0.2, -0.15) is 0 Å². The van der Waals surface area contributed by atoms with Crippen LogP contribution in [0.25, 0.3) is 0 Å². The van der Waals surface area contributed by atoms with Crippen LogP contribution in [0.2, 0.25) is 0 Å². The molecule has 4 nitrogen and oxygen atoms in total. The zero-order valence-electron chi connectivity index (χ0n) is 13.6. The zero-order chi connectivity index (χ0) is 16.5. The zero-order valence-corrected chi connectivity index (χ0v) is 13.6. The molecule has 0 unspecified atom stereocenters. The van der Waals surface area contributed by atoms with Gasteiger partial charge in [-0.1, -0.05) is 0 Å². The average Bonchev–Trinajstić information content (AvgIpc) is 2.41. The van der Waals surface area contributed by atoms with E-state index in [4.69, 9.17) is 0 Å². The molecule has 1 aliphatic rings. The van der Waals surface area contributed by atoms with Gasteiger partial charge in [-0.25, -0.2) is 4.39 Å². The molecular weight excluding hydrogens is 283 g/mol. The van der Waals surface area contributed by atoms with Crippen LogP contribution in [0.1, 0.15) is 40.5 Å². The number of hydrogen-bond donors (Lipinski definition) is 1. The van der Waals surface area contributed by atoms with Gasteiger partial charge in [0.1, 0.15) is 11.2 Å². The van der Waals surface area contributed by atoms with Gasteiger partial charge < -0.3 is 10.2 Å². The Hall–Kier alpha value is -1.91. The summed E-state index contributed by atoms with van der Waals surface area (Å²) in [4.78, 5) is 27.0. The third-order valence-electron chi connectivity index (χ3n) is 3.90. The van der Waals surface area contributed by atoms with Gasteiger partial charge in [0.25, 0.3) is 0 Å². The lowest BCUT2D eigenvalue weighted by Crippen LogP contribution is -2.57. The molecular formula is C17H23FN2O2. The van der Waals surface area contributed by atoms with Crippen LogP contribution in [0.15, 0.2) is 24.3 Å². The Labute approximate surface area is 130 Å². The van der Waals surface area contributed by atoms with Crippen LogP contribution in [0.3, 0.4) is 0 Å². The lowest BCUT2D eigenvalue weighted by molar-refractivity contribution is -0.143. The Morgan fingerprint density at radius 3 is 2.41 bits per heavy atom. The van der Waals surface area contributed by atoms with E-state index in [9.17, 15) is 14.0 Å². The van der Waals surface area contributed by atoms with E-state index in [2.05, 4.69) is 5.32 Å². The Morgan fingerprint density at radius 1 is 1.27 bits per heavy atom.